The van der Waals surface area contributed by atoms with E-state index >= 15 is 0 Å². The van der Waals surface area contributed by atoms with Crippen LogP contribution in [0.1, 0.15) is 30.0 Å². The molecule has 228 valence electrons. The lowest BCUT2D eigenvalue weighted by molar-refractivity contribution is -0.274. The predicted molar refractivity (Wildman–Crippen MR) is 170 cm³/mol. The minimum Gasteiger partial charge on any atom is -0.406 e. The number of halogens is 3. The van der Waals surface area contributed by atoms with Gasteiger partial charge in [0.25, 0.3) is 0 Å². The summed E-state index contributed by atoms with van der Waals surface area (Å²) in [5.41, 5.74) is 5.52. The highest BCUT2D eigenvalue weighted by molar-refractivity contribution is 8.15. The maximum Gasteiger partial charge on any atom is 0.573 e. The molecule has 1 aliphatic heterocycles. The van der Waals surface area contributed by atoms with Gasteiger partial charge in [-0.3, -0.25) is 9.69 Å². The van der Waals surface area contributed by atoms with Gasteiger partial charge in [-0.1, -0.05) is 55.1 Å². The van der Waals surface area contributed by atoms with Gasteiger partial charge in [-0.2, -0.15) is 4.99 Å². The van der Waals surface area contributed by atoms with Crippen LogP contribution in [0.25, 0.3) is 17.1 Å². The average Bonchev–Trinajstić information content (AvgIpc) is 3.62. The van der Waals surface area contributed by atoms with Gasteiger partial charge in [0.15, 0.2) is 16.1 Å². The second-order valence-electron chi connectivity index (χ2n) is 9.98. The Hall–Kier alpha value is -4.23. The SMILES string of the molecule is CCc1ccc(C)cc1N1C(=O)CSC1=NC(=S)NCCCc1ccc(-c2ncn(-c3ccc(OC(F)(F)F)cc3)n2)cc1. The summed E-state index contributed by atoms with van der Waals surface area (Å²) in [4.78, 5) is 23.3. The van der Waals surface area contributed by atoms with Gasteiger partial charge in [0.1, 0.15) is 12.1 Å². The first-order valence-corrected chi connectivity index (χ1v) is 15.3. The molecular weight excluding hydrogens is 610 g/mol. The molecule has 1 aromatic heterocycles. The molecule has 1 amide bonds. The van der Waals surface area contributed by atoms with Gasteiger partial charge in [0, 0.05) is 12.1 Å². The van der Waals surface area contributed by atoms with Crippen molar-refractivity contribution in [1.82, 2.24) is 20.1 Å². The van der Waals surface area contributed by atoms with Crippen LogP contribution in [0.3, 0.4) is 0 Å². The lowest BCUT2D eigenvalue weighted by atomic mass is 10.1. The Balaban J connectivity index is 1.12. The zero-order valence-electron chi connectivity index (χ0n) is 24.0. The first-order valence-electron chi connectivity index (χ1n) is 13.9. The normalized spacial score (nSPS) is 14.3. The van der Waals surface area contributed by atoms with E-state index in [1.165, 1.54) is 47.0 Å². The van der Waals surface area contributed by atoms with Crippen molar-refractivity contribution in [3.05, 3.63) is 89.7 Å². The van der Waals surface area contributed by atoms with Crippen LogP contribution < -0.4 is 15.0 Å². The summed E-state index contributed by atoms with van der Waals surface area (Å²) in [5, 5.41) is 8.56. The highest BCUT2D eigenvalue weighted by Gasteiger charge is 2.32. The van der Waals surface area contributed by atoms with Crippen LogP contribution in [-0.4, -0.2) is 49.6 Å². The quantitative estimate of drug-likeness (QED) is 0.162. The lowest BCUT2D eigenvalue weighted by Crippen LogP contribution is -2.32. The van der Waals surface area contributed by atoms with Crippen molar-refractivity contribution < 1.29 is 22.7 Å². The fraction of sp³-hybridized carbons (Fsp3) is 0.258. The van der Waals surface area contributed by atoms with Crippen molar-refractivity contribution in [2.45, 2.75) is 39.5 Å². The highest BCUT2D eigenvalue weighted by atomic mass is 32.2. The number of amidine groups is 1. The molecule has 0 aliphatic carbocycles. The van der Waals surface area contributed by atoms with Crippen molar-refractivity contribution in [1.29, 1.82) is 0 Å². The number of ether oxygens (including phenoxy) is 1. The zero-order chi connectivity index (χ0) is 31.3. The van der Waals surface area contributed by atoms with Crippen LogP contribution in [0.5, 0.6) is 5.75 Å². The number of amides is 1. The van der Waals surface area contributed by atoms with Gasteiger partial charge in [-0.05, 0) is 85.4 Å². The smallest absolute Gasteiger partial charge is 0.406 e. The predicted octanol–water partition coefficient (Wildman–Crippen LogP) is 6.65. The molecule has 0 unspecified atom stereocenters. The molecule has 0 atom stereocenters. The van der Waals surface area contributed by atoms with Crippen molar-refractivity contribution in [3.63, 3.8) is 0 Å². The van der Waals surface area contributed by atoms with Crippen LogP contribution >= 0.6 is 24.0 Å². The van der Waals surface area contributed by atoms with E-state index < -0.39 is 6.36 Å². The van der Waals surface area contributed by atoms with Gasteiger partial charge in [0.2, 0.25) is 5.91 Å². The Morgan fingerprint density at radius 1 is 1.11 bits per heavy atom. The highest BCUT2D eigenvalue weighted by Crippen LogP contribution is 2.31. The molecule has 8 nitrogen and oxygen atoms in total. The number of hydrogen-bond donors (Lipinski definition) is 1. The summed E-state index contributed by atoms with van der Waals surface area (Å²) in [7, 11) is 0. The number of benzene rings is 3. The maximum absolute atomic E-state index is 12.7. The molecule has 0 bridgehead atoms. The molecular formula is C31H29F3N6O2S2. The third kappa shape index (κ3) is 7.83. The number of hydrogen-bond acceptors (Lipinski definition) is 6. The average molecular weight is 639 g/mol. The van der Waals surface area contributed by atoms with Gasteiger partial charge < -0.3 is 10.1 Å². The van der Waals surface area contributed by atoms with Crippen molar-refractivity contribution >= 4 is 45.9 Å². The van der Waals surface area contributed by atoms with Crippen LogP contribution in [0.4, 0.5) is 18.9 Å². The number of aliphatic imine (C=N–C) groups is 1. The molecule has 1 aliphatic rings. The molecule has 13 heteroatoms. The summed E-state index contributed by atoms with van der Waals surface area (Å²) in [6.07, 6.45) is -0.805. The van der Waals surface area contributed by atoms with Crippen LogP contribution in [0.2, 0.25) is 0 Å². The van der Waals surface area contributed by atoms with Crippen LogP contribution in [0, 0.1) is 6.92 Å². The zero-order valence-corrected chi connectivity index (χ0v) is 25.6. The first-order chi connectivity index (χ1) is 21.1. The fourth-order valence-electron chi connectivity index (χ4n) is 4.62. The standard InChI is InChI=1S/C31H29F3N6O2S2/c1-3-22-9-6-20(2)17-26(22)40-27(41)18-44-30(40)37-29(43)35-16-4-5-21-7-10-23(11-8-21)28-36-19-39(38-28)24-12-14-25(15-13-24)42-31(32,33)34/h6-15,17,19H,3-5,16,18H2,1-2H3,(H,35,43). The van der Waals surface area contributed by atoms with Crippen LogP contribution in [0.15, 0.2) is 78.0 Å². The molecule has 0 radical (unpaired) electrons. The third-order valence-corrected chi connectivity index (χ3v) is 7.94. The number of rotatable bonds is 9. The molecule has 44 heavy (non-hydrogen) atoms. The summed E-state index contributed by atoms with van der Waals surface area (Å²) in [6.45, 7) is 4.69. The van der Waals surface area contributed by atoms with Crippen molar-refractivity contribution in [2.75, 3.05) is 17.2 Å². The number of anilines is 1. The van der Waals surface area contributed by atoms with Gasteiger partial charge in [0.05, 0.1) is 17.1 Å². The van der Waals surface area contributed by atoms with Crippen molar-refractivity contribution in [3.8, 4) is 22.8 Å². The number of thiocarbonyl (C=S) groups is 1. The molecule has 1 N–H and O–H groups in total. The topological polar surface area (TPSA) is 84.6 Å². The van der Waals surface area contributed by atoms with Gasteiger partial charge >= 0.3 is 6.36 Å². The number of carbonyl (C=O) groups is 1. The molecule has 0 spiro atoms. The number of aromatic nitrogens is 3. The van der Waals surface area contributed by atoms with E-state index in [0.717, 1.165) is 47.2 Å². The fourth-order valence-corrected chi connectivity index (χ4v) is 5.73. The van der Waals surface area contributed by atoms with Gasteiger partial charge in [-0.25, -0.2) is 9.67 Å². The Kier molecular flexibility index (Phi) is 9.64. The Morgan fingerprint density at radius 3 is 2.57 bits per heavy atom. The minimum atomic E-state index is -4.74. The molecule has 1 saturated heterocycles. The summed E-state index contributed by atoms with van der Waals surface area (Å²) in [6, 6.07) is 19.4. The lowest BCUT2D eigenvalue weighted by Gasteiger charge is -2.20. The van der Waals surface area contributed by atoms with E-state index in [9.17, 15) is 18.0 Å². The molecule has 2 heterocycles. The second kappa shape index (κ2) is 13.6. The first kappa shape index (κ1) is 31.2. The number of nitrogens with zero attached hydrogens (tertiary/aromatic N) is 5. The number of thioether (sulfide) groups is 1. The van der Waals surface area contributed by atoms with Crippen molar-refractivity contribution in [2.24, 2.45) is 4.99 Å². The monoisotopic (exact) mass is 638 g/mol. The largest absolute Gasteiger partial charge is 0.573 e. The van der Waals surface area contributed by atoms with E-state index in [1.807, 2.05) is 49.4 Å². The number of nitrogens with one attached hydrogen (secondary N) is 1. The Labute approximate surface area is 262 Å². The molecule has 5 rings (SSSR count). The van der Waals surface area contributed by atoms with E-state index in [1.54, 1.807) is 4.90 Å². The Bertz CT molecular complexity index is 1670. The number of carbonyl (C=O) groups excluding carboxylic acids is 1. The summed E-state index contributed by atoms with van der Waals surface area (Å²) in [5.74, 6) is 0.517. The number of aryl methyl sites for hydroxylation is 3. The third-order valence-electron chi connectivity index (χ3n) is 6.78. The molecule has 0 saturated carbocycles. The Morgan fingerprint density at radius 2 is 1.86 bits per heavy atom. The minimum absolute atomic E-state index is 0.00382. The van der Waals surface area contributed by atoms with E-state index in [2.05, 4.69) is 32.1 Å². The van der Waals surface area contributed by atoms with Crippen LogP contribution in [-0.2, 0) is 17.6 Å². The molecule has 3 aromatic carbocycles. The van der Waals surface area contributed by atoms with E-state index in [-0.39, 0.29) is 11.7 Å². The summed E-state index contributed by atoms with van der Waals surface area (Å²) >= 11 is 6.86. The maximum atomic E-state index is 12.7. The van der Waals surface area contributed by atoms with E-state index in [4.69, 9.17) is 12.2 Å². The molecule has 1 fully saturated rings. The molecule has 4 aromatic rings. The van der Waals surface area contributed by atoms with Gasteiger partial charge in [-0.15, -0.1) is 18.3 Å². The second-order valence-corrected chi connectivity index (χ2v) is 11.3. The number of alkyl halides is 3. The van der Waals surface area contributed by atoms with E-state index in [0.29, 0.717) is 34.1 Å². The summed E-state index contributed by atoms with van der Waals surface area (Å²) < 4.78 is 42.6.